The maximum atomic E-state index is 11.4. The highest BCUT2D eigenvalue weighted by Crippen LogP contribution is 2.48. The SMILES string of the molecule is CCC1=C(CC(=O)O)c2c(OC)cccc2/C1=C\c1cccc(Cl)c1. The second kappa shape index (κ2) is 7.16. The van der Waals surface area contributed by atoms with Gasteiger partial charge in [-0.25, -0.2) is 0 Å². The van der Waals surface area contributed by atoms with Crippen LogP contribution in [-0.2, 0) is 4.79 Å². The lowest BCUT2D eigenvalue weighted by atomic mass is 9.98. The average Bonchev–Trinajstić information content (AvgIpc) is 2.87. The maximum absolute atomic E-state index is 11.4. The Kier molecular flexibility index (Phi) is 4.95. The van der Waals surface area contributed by atoms with Crippen molar-refractivity contribution in [2.45, 2.75) is 19.8 Å². The summed E-state index contributed by atoms with van der Waals surface area (Å²) in [6.45, 7) is 2.04. The standard InChI is InChI=1S/C21H19ClO3/c1-3-15-17(11-13-6-4-7-14(22)10-13)16-8-5-9-19(25-2)21(16)18(15)12-20(23)24/h4-11H,3,12H2,1-2H3,(H,23,24)/b17-11-. The van der Waals surface area contributed by atoms with Gasteiger partial charge in [-0.2, -0.15) is 0 Å². The van der Waals surface area contributed by atoms with Crippen LogP contribution in [0.3, 0.4) is 0 Å². The number of carboxylic acid groups (broad SMARTS) is 1. The van der Waals surface area contributed by atoms with E-state index in [4.69, 9.17) is 16.3 Å². The van der Waals surface area contributed by atoms with E-state index >= 15 is 0 Å². The second-order valence-electron chi connectivity index (χ2n) is 5.88. The van der Waals surface area contributed by atoms with E-state index in [1.165, 1.54) is 0 Å². The van der Waals surface area contributed by atoms with Crippen LogP contribution in [0.25, 0.3) is 17.2 Å². The highest BCUT2D eigenvalue weighted by atomic mass is 35.5. The fraction of sp³-hybridized carbons (Fsp3) is 0.190. The van der Waals surface area contributed by atoms with Crippen molar-refractivity contribution in [2.75, 3.05) is 7.11 Å². The molecule has 0 radical (unpaired) electrons. The number of halogens is 1. The first-order chi connectivity index (χ1) is 12.0. The summed E-state index contributed by atoms with van der Waals surface area (Å²) in [5.41, 5.74) is 5.79. The smallest absolute Gasteiger partial charge is 0.307 e. The molecule has 4 heteroatoms. The largest absolute Gasteiger partial charge is 0.496 e. The number of carboxylic acids is 1. The molecule has 2 aromatic carbocycles. The molecule has 0 aromatic heterocycles. The molecule has 1 aliphatic rings. The summed E-state index contributed by atoms with van der Waals surface area (Å²) in [5, 5.41) is 10.0. The lowest BCUT2D eigenvalue weighted by molar-refractivity contribution is -0.135. The molecule has 2 aromatic rings. The van der Waals surface area contributed by atoms with E-state index in [0.29, 0.717) is 10.8 Å². The Balaban J connectivity index is 2.25. The number of rotatable bonds is 5. The van der Waals surface area contributed by atoms with Gasteiger partial charge in [0.15, 0.2) is 0 Å². The summed E-state index contributed by atoms with van der Waals surface area (Å²) in [5.74, 6) is -0.143. The third kappa shape index (κ3) is 3.33. The molecule has 1 N–H and O–H groups in total. The average molecular weight is 355 g/mol. The molecule has 0 saturated heterocycles. The maximum Gasteiger partial charge on any atom is 0.307 e. The summed E-state index contributed by atoms with van der Waals surface area (Å²) in [7, 11) is 1.61. The molecule has 128 valence electrons. The number of allylic oxidation sites excluding steroid dienone is 2. The number of ether oxygens (including phenoxy) is 1. The van der Waals surface area contributed by atoms with Gasteiger partial charge < -0.3 is 9.84 Å². The summed E-state index contributed by atoms with van der Waals surface area (Å²) < 4.78 is 5.50. The molecule has 0 heterocycles. The molecule has 1 aliphatic carbocycles. The summed E-state index contributed by atoms with van der Waals surface area (Å²) in [4.78, 5) is 11.4. The van der Waals surface area contributed by atoms with Gasteiger partial charge in [-0.15, -0.1) is 0 Å². The Morgan fingerprint density at radius 2 is 1.96 bits per heavy atom. The van der Waals surface area contributed by atoms with Crippen molar-refractivity contribution in [1.82, 2.24) is 0 Å². The van der Waals surface area contributed by atoms with E-state index in [1.807, 2.05) is 49.4 Å². The molecule has 0 bridgehead atoms. The van der Waals surface area contributed by atoms with Gasteiger partial charge in [-0.1, -0.05) is 42.8 Å². The molecule has 0 unspecified atom stereocenters. The minimum atomic E-state index is -0.846. The van der Waals surface area contributed by atoms with Crippen LogP contribution in [0.1, 0.15) is 36.5 Å². The zero-order chi connectivity index (χ0) is 18.0. The Hall–Kier alpha value is -2.52. The van der Waals surface area contributed by atoms with E-state index < -0.39 is 5.97 Å². The normalized spacial score (nSPS) is 14.8. The lowest BCUT2D eigenvalue weighted by Crippen LogP contribution is -1.99. The van der Waals surface area contributed by atoms with E-state index in [9.17, 15) is 9.90 Å². The van der Waals surface area contributed by atoms with E-state index in [2.05, 4.69) is 6.08 Å². The van der Waals surface area contributed by atoms with Crippen LogP contribution in [0.5, 0.6) is 5.75 Å². The fourth-order valence-electron chi connectivity index (χ4n) is 3.39. The molecular weight excluding hydrogens is 336 g/mol. The number of benzene rings is 2. The number of carbonyl (C=O) groups is 1. The molecular formula is C21H19ClO3. The van der Waals surface area contributed by atoms with Crippen LogP contribution in [0, 0.1) is 0 Å². The zero-order valence-corrected chi connectivity index (χ0v) is 14.9. The Morgan fingerprint density at radius 1 is 1.20 bits per heavy atom. The highest BCUT2D eigenvalue weighted by molar-refractivity contribution is 6.30. The number of fused-ring (bicyclic) bond motifs is 1. The molecule has 0 spiro atoms. The van der Waals surface area contributed by atoms with Crippen molar-refractivity contribution < 1.29 is 14.6 Å². The Labute approximate surface area is 152 Å². The van der Waals surface area contributed by atoms with Gasteiger partial charge >= 0.3 is 5.97 Å². The second-order valence-corrected chi connectivity index (χ2v) is 6.31. The third-order valence-corrected chi connectivity index (χ3v) is 4.60. The van der Waals surface area contributed by atoms with Gasteiger partial charge in [0.05, 0.1) is 13.5 Å². The number of methoxy groups -OCH3 is 1. The summed E-state index contributed by atoms with van der Waals surface area (Å²) in [6, 6.07) is 13.4. The molecule has 0 atom stereocenters. The first kappa shape index (κ1) is 17.3. The predicted molar refractivity (Wildman–Crippen MR) is 102 cm³/mol. The third-order valence-electron chi connectivity index (χ3n) is 4.37. The Morgan fingerprint density at radius 3 is 2.60 bits per heavy atom. The van der Waals surface area contributed by atoms with Gasteiger partial charge in [0.25, 0.3) is 0 Å². The van der Waals surface area contributed by atoms with Crippen molar-refractivity contribution in [2.24, 2.45) is 0 Å². The van der Waals surface area contributed by atoms with E-state index in [1.54, 1.807) is 7.11 Å². The van der Waals surface area contributed by atoms with Crippen LogP contribution < -0.4 is 4.74 Å². The van der Waals surface area contributed by atoms with Crippen molar-refractivity contribution in [1.29, 1.82) is 0 Å². The van der Waals surface area contributed by atoms with Crippen LogP contribution in [0.15, 0.2) is 48.0 Å². The van der Waals surface area contributed by atoms with Crippen LogP contribution in [-0.4, -0.2) is 18.2 Å². The monoisotopic (exact) mass is 354 g/mol. The molecule has 3 rings (SSSR count). The lowest BCUT2D eigenvalue weighted by Gasteiger charge is -2.10. The minimum absolute atomic E-state index is 0.0244. The topological polar surface area (TPSA) is 46.5 Å². The van der Waals surface area contributed by atoms with Crippen molar-refractivity contribution in [3.8, 4) is 5.75 Å². The molecule has 0 fully saturated rings. The first-order valence-electron chi connectivity index (χ1n) is 8.14. The molecule has 0 amide bonds. The zero-order valence-electron chi connectivity index (χ0n) is 14.2. The fourth-order valence-corrected chi connectivity index (χ4v) is 3.59. The van der Waals surface area contributed by atoms with Crippen LogP contribution >= 0.6 is 11.6 Å². The van der Waals surface area contributed by atoms with E-state index in [-0.39, 0.29) is 6.42 Å². The van der Waals surface area contributed by atoms with Crippen molar-refractivity contribution >= 4 is 34.8 Å². The molecule has 25 heavy (non-hydrogen) atoms. The minimum Gasteiger partial charge on any atom is -0.496 e. The summed E-state index contributed by atoms with van der Waals surface area (Å²) >= 11 is 6.11. The van der Waals surface area contributed by atoms with Gasteiger partial charge in [0.1, 0.15) is 5.75 Å². The molecule has 3 nitrogen and oxygen atoms in total. The highest BCUT2D eigenvalue weighted by Gasteiger charge is 2.29. The summed E-state index contributed by atoms with van der Waals surface area (Å²) in [6.07, 6.45) is 2.79. The quantitative estimate of drug-likeness (QED) is 0.766. The van der Waals surface area contributed by atoms with Crippen LogP contribution in [0.2, 0.25) is 5.02 Å². The van der Waals surface area contributed by atoms with Gasteiger partial charge in [-0.05, 0) is 58.5 Å². The van der Waals surface area contributed by atoms with E-state index in [0.717, 1.165) is 39.8 Å². The van der Waals surface area contributed by atoms with Crippen molar-refractivity contribution in [3.63, 3.8) is 0 Å². The molecule has 0 aliphatic heterocycles. The number of hydrogen-bond donors (Lipinski definition) is 1. The van der Waals surface area contributed by atoms with Crippen molar-refractivity contribution in [3.05, 3.63) is 69.8 Å². The van der Waals surface area contributed by atoms with Gasteiger partial charge in [0.2, 0.25) is 0 Å². The molecule has 0 saturated carbocycles. The Bertz CT molecular complexity index is 894. The number of aliphatic carboxylic acids is 1. The first-order valence-corrected chi connectivity index (χ1v) is 8.52. The number of hydrogen-bond acceptors (Lipinski definition) is 2. The predicted octanol–water partition coefficient (Wildman–Crippen LogP) is 5.54. The van der Waals surface area contributed by atoms with Gasteiger partial charge in [-0.3, -0.25) is 4.79 Å². The van der Waals surface area contributed by atoms with Crippen LogP contribution in [0.4, 0.5) is 0 Å². The van der Waals surface area contributed by atoms with Gasteiger partial charge in [0, 0.05) is 10.6 Å².